The first-order valence-electron chi connectivity index (χ1n) is 6.85. The quantitative estimate of drug-likeness (QED) is 0.846. The average molecular weight is 283 g/mol. The van der Waals surface area contributed by atoms with Crippen LogP contribution in [0.3, 0.4) is 0 Å². The third-order valence-electron chi connectivity index (χ3n) is 3.08. The lowest BCUT2D eigenvalue weighted by molar-refractivity contribution is 0.0732. The van der Waals surface area contributed by atoms with Gasteiger partial charge in [0.15, 0.2) is 5.69 Å². The highest BCUT2D eigenvalue weighted by Crippen LogP contribution is 2.12. The third kappa shape index (κ3) is 3.69. The molecule has 5 heteroatoms. The molecule has 0 aliphatic rings. The van der Waals surface area contributed by atoms with Crippen molar-refractivity contribution in [3.63, 3.8) is 0 Å². The SMILES string of the molecule is CCCN(Cc1ccc(C#N)cc1)C(=O)c1cc(C)on1. The second-order valence-corrected chi connectivity index (χ2v) is 4.86. The minimum absolute atomic E-state index is 0.141. The first kappa shape index (κ1) is 14.8. The van der Waals surface area contributed by atoms with Crippen LogP contribution in [0.25, 0.3) is 0 Å². The van der Waals surface area contributed by atoms with Gasteiger partial charge in [0.2, 0.25) is 0 Å². The summed E-state index contributed by atoms with van der Waals surface area (Å²) in [6.45, 7) is 4.91. The van der Waals surface area contributed by atoms with Crippen molar-refractivity contribution in [3.8, 4) is 6.07 Å². The lowest BCUT2D eigenvalue weighted by Crippen LogP contribution is -2.31. The van der Waals surface area contributed by atoms with Crippen molar-refractivity contribution in [1.82, 2.24) is 10.1 Å². The fourth-order valence-corrected chi connectivity index (χ4v) is 2.06. The van der Waals surface area contributed by atoms with Crippen molar-refractivity contribution < 1.29 is 9.32 Å². The van der Waals surface area contributed by atoms with Crippen LogP contribution in [0.5, 0.6) is 0 Å². The Morgan fingerprint density at radius 2 is 2.10 bits per heavy atom. The smallest absolute Gasteiger partial charge is 0.276 e. The second kappa shape index (κ2) is 6.71. The predicted molar refractivity (Wildman–Crippen MR) is 77.4 cm³/mol. The van der Waals surface area contributed by atoms with Gasteiger partial charge in [-0.3, -0.25) is 4.79 Å². The van der Waals surface area contributed by atoms with Gasteiger partial charge < -0.3 is 9.42 Å². The van der Waals surface area contributed by atoms with Crippen molar-refractivity contribution in [3.05, 3.63) is 52.9 Å². The van der Waals surface area contributed by atoms with Crippen molar-refractivity contribution >= 4 is 5.91 Å². The minimum Gasteiger partial charge on any atom is -0.361 e. The van der Waals surface area contributed by atoms with Gasteiger partial charge in [-0.1, -0.05) is 24.2 Å². The second-order valence-electron chi connectivity index (χ2n) is 4.86. The number of hydrogen-bond donors (Lipinski definition) is 0. The van der Waals surface area contributed by atoms with E-state index in [1.807, 2.05) is 19.1 Å². The molecule has 0 saturated heterocycles. The van der Waals surface area contributed by atoms with E-state index >= 15 is 0 Å². The number of benzene rings is 1. The van der Waals surface area contributed by atoms with Crippen LogP contribution in [0.15, 0.2) is 34.9 Å². The standard InChI is InChI=1S/C16H17N3O2/c1-3-8-19(16(20)15-9-12(2)21-18-15)11-14-6-4-13(10-17)5-7-14/h4-7,9H,3,8,11H2,1-2H3. The van der Waals surface area contributed by atoms with Gasteiger partial charge >= 0.3 is 0 Å². The summed E-state index contributed by atoms with van der Waals surface area (Å²) in [7, 11) is 0. The van der Waals surface area contributed by atoms with Crippen LogP contribution >= 0.6 is 0 Å². The van der Waals surface area contributed by atoms with Crippen LogP contribution in [0.1, 0.15) is 40.7 Å². The Bertz CT molecular complexity index is 653. The summed E-state index contributed by atoms with van der Waals surface area (Å²) in [5.74, 6) is 0.478. The van der Waals surface area contributed by atoms with Crippen LogP contribution in [-0.4, -0.2) is 22.5 Å². The lowest BCUT2D eigenvalue weighted by Gasteiger charge is -2.21. The first-order chi connectivity index (χ1) is 10.1. The van der Waals surface area contributed by atoms with Crippen LogP contribution in [0, 0.1) is 18.3 Å². The van der Waals surface area contributed by atoms with Gasteiger partial charge in [-0.2, -0.15) is 5.26 Å². The Morgan fingerprint density at radius 3 is 2.62 bits per heavy atom. The zero-order valence-electron chi connectivity index (χ0n) is 12.2. The molecule has 0 unspecified atom stereocenters. The molecule has 21 heavy (non-hydrogen) atoms. The van der Waals surface area contributed by atoms with E-state index in [0.29, 0.717) is 30.1 Å². The van der Waals surface area contributed by atoms with E-state index in [0.717, 1.165) is 12.0 Å². The van der Waals surface area contributed by atoms with Gasteiger partial charge in [-0.25, -0.2) is 0 Å². The summed E-state index contributed by atoms with van der Waals surface area (Å²) in [5, 5.41) is 12.6. The first-order valence-corrected chi connectivity index (χ1v) is 6.85. The predicted octanol–water partition coefficient (Wildman–Crippen LogP) is 2.91. The van der Waals surface area contributed by atoms with E-state index in [1.165, 1.54) is 0 Å². The van der Waals surface area contributed by atoms with Gasteiger partial charge in [-0.15, -0.1) is 0 Å². The number of aryl methyl sites for hydroxylation is 1. The van der Waals surface area contributed by atoms with Gasteiger partial charge in [-0.05, 0) is 31.0 Å². The Balaban J connectivity index is 2.14. The molecule has 0 aliphatic carbocycles. The number of carbonyl (C=O) groups is 1. The summed E-state index contributed by atoms with van der Waals surface area (Å²) < 4.78 is 4.96. The summed E-state index contributed by atoms with van der Waals surface area (Å²) >= 11 is 0. The summed E-state index contributed by atoms with van der Waals surface area (Å²) in [5.41, 5.74) is 1.92. The van der Waals surface area contributed by atoms with Crippen molar-refractivity contribution in [2.24, 2.45) is 0 Å². The highest BCUT2D eigenvalue weighted by molar-refractivity contribution is 5.92. The monoisotopic (exact) mass is 283 g/mol. The van der Waals surface area contributed by atoms with Crippen LogP contribution in [0.4, 0.5) is 0 Å². The number of aromatic nitrogens is 1. The molecule has 0 atom stereocenters. The largest absolute Gasteiger partial charge is 0.361 e. The minimum atomic E-state index is -0.141. The third-order valence-corrected chi connectivity index (χ3v) is 3.08. The van der Waals surface area contributed by atoms with Gasteiger partial charge in [0, 0.05) is 19.2 Å². The van der Waals surface area contributed by atoms with E-state index in [-0.39, 0.29) is 5.91 Å². The molecule has 0 saturated carbocycles. The van der Waals surface area contributed by atoms with Crippen molar-refractivity contribution in [1.29, 1.82) is 5.26 Å². The van der Waals surface area contributed by atoms with E-state index in [4.69, 9.17) is 9.78 Å². The molecule has 108 valence electrons. The highest BCUT2D eigenvalue weighted by Gasteiger charge is 2.18. The normalized spacial score (nSPS) is 10.1. The van der Waals surface area contributed by atoms with E-state index in [1.54, 1.807) is 30.0 Å². The molecular formula is C16H17N3O2. The molecule has 1 heterocycles. The molecule has 5 nitrogen and oxygen atoms in total. The Hall–Kier alpha value is -2.61. The van der Waals surface area contributed by atoms with Crippen LogP contribution < -0.4 is 0 Å². The molecule has 0 fully saturated rings. The molecule has 0 aliphatic heterocycles. The molecule has 0 radical (unpaired) electrons. The Labute approximate surface area is 123 Å². The fourth-order valence-electron chi connectivity index (χ4n) is 2.06. The van der Waals surface area contributed by atoms with Crippen molar-refractivity contribution in [2.75, 3.05) is 6.54 Å². The number of carbonyl (C=O) groups excluding carboxylic acids is 1. The molecular weight excluding hydrogens is 266 g/mol. The van der Waals surface area contributed by atoms with Crippen LogP contribution in [0.2, 0.25) is 0 Å². The molecule has 1 amide bonds. The number of rotatable bonds is 5. The number of nitrogens with zero attached hydrogens (tertiary/aromatic N) is 3. The highest BCUT2D eigenvalue weighted by atomic mass is 16.5. The van der Waals surface area contributed by atoms with E-state index in [2.05, 4.69) is 11.2 Å². The topological polar surface area (TPSA) is 70.1 Å². The molecule has 1 aromatic heterocycles. The van der Waals surface area contributed by atoms with Gasteiger partial charge in [0.05, 0.1) is 11.6 Å². The maximum absolute atomic E-state index is 12.4. The molecule has 2 rings (SSSR count). The Kier molecular flexibility index (Phi) is 4.72. The zero-order chi connectivity index (χ0) is 15.2. The van der Waals surface area contributed by atoms with Crippen molar-refractivity contribution in [2.45, 2.75) is 26.8 Å². The van der Waals surface area contributed by atoms with E-state index < -0.39 is 0 Å². The number of nitriles is 1. The van der Waals surface area contributed by atoms with Crippen LogP contribution in [-0.2, 0) is 6.54 Å². The zero-order valence-corrected chi connectivity index (χ0v) is 12.2. The summed E-state index contributed by atoms with van der Waals surface area (Å²) in [4.78, 5) is 14.2. The summed E-state index contributed by atoms with van der Waals surface area (Å²) in [6, 6.07) is 11.0. The van der Waals surface area contributed by atoms with Gasteiger partial charge in [0.25, 0.3) is 5.91 Å². The average Bonchev–Trinajstić information content (AvgIpc) is 2.93. The maximum Gasteiger partial charge on any atom is 0.276 e. The summed E-state index contributed by atoms with van der Waals surface area (Å²) in [6.07, 6.45) is 0.860. The Morgan fingerprint density at radius 1 is 1.38 bits per heavy atom. The lowest BCUT2D eigenvalue weighted by atomic mass is 10.1. The molecule has 0 spiro atoms. The number of amides is 1. The molecule has 0 bridgehead atoms. The van der Waals surface area contributed by atoms with E-state index in [9.17, 15) is 4.79 Å². The molecule has 1 aromatic carbocycles. The number of hydrogen-bond acceptors (Lipinski definition) is 4. The van der Waals surface area contributed by atoms with Gasteiger partial charge in [0.1, 0.15) is 5.76 Å². The maximum atomic E-state index is 12.4. The molecule has 2 aromatic rings. The fraction of sp³-hybridized carbons (Fsp3) is 0.312. The molecule has 0 N–H and O–H groups in total.